The first kappa shape index (κ1) is 14.1. The zero-order chi connectivity index (χ0) is 16.5. The van der Waals surface area contributed by atoms with Crippen LogP contribution >= 0.6 is 0 Å². The van der Waals surface area contributed by atoms with E-state index in [1.807, 2.05) is 0 Å². The molecule has 0 saturated carbocycles. The van der Waals surface area contributed by atoms with Gasteiger partial charge >= 0.3 is 0 Å². The summed E-state index contributed by atoms with van der Waals surface area (Å²) >= 11 is 0. The molecule has 0 N–H and O–H groups in total. The average Bonchev–Trinajstić information content (AvgIpc) is 2.68. The Morgan fingerprint density at radius 2 is 1.62 bits per heavy atom. The van der Waals surface area contributed by atoms with Crippen molar-refractivity contribution in [3.8, 4) is 11.1 Å². The largest absolute Gasteiger partial charge is 0.113 e. The predicted molar refractivity (Wildman–Crippen MR) is 101 cm³/mol. The predicted octanol–water partition coefficient (Wildman–Crippen LogP) is 4.47. The summed E-state index contributed by atoms with van der Waals surface area (Å²) < 4.78 is 0. The SMILES string of the molecule is [B]c1ccc2c(c1)C(C)(C)c1cccc3c1CC2c1ccccc1-3. The Hall–Kier alpha value is -2.28. The number of hydrogen-bond donors (Lipinski definition) is 0. The number of hydrogen-bond acceptors (Lipinski definition) is 0. The summed E-state index contributed by atoms with van der Waals surface area (Å²) in [6, 6.07) is 22.2. The quantitative estimate of drug-likeness (QED) is 0.537. The van der Waals surface area contributed by atoms with E-state index in [1.165, 1.54) is 38.9 Å². The minimum atomic E-state index is -0.0349. The molecule has 3 aromatic carbocycles. The van der Waals surface area contributed by atoms with Crippen LogP contribution < -0.4 is 5.46 Å². The van der Waals surface area contributed by atoms with Crippen molar-refractivity contribution >= 4 is 13.3 Å². The van der Waals surface area contributed by atoms with Crippen LogP contribution in [0.5, 0.6) is 0 Å². The highest BCUT2D eigenvalue weighted by Crippen LogP contribution is 2.51. The van der Waals surface area contributed by atoms with Gasteiger partial charge < -0.3 is 0 Å². The van der Waals surface area contributed by atoms with Crippen molar-refractivity contribution in [2.24, 2.45) is 0 Å². The Kier molecular flexibility index (Phi) is 2.72. The molecule has 5 rings (SSSR count). The second-order valence-corrected chi connectivity index (χ2v) is 7.65. The van der Waals surface area contributed by atoms with E-state index in [2.05, 4.69) is 74.5 Å². The third-order valence-electron chi connectivity index (χ3n) is 6.01. The number of benzene rings is 3. The lowest BCUT2D eigenvalue weighted by Crippen LogP contribution is -2.23. The van der Waals surface area contributed by atoms with Crippen LogP contribution in [0.25, 0.3) is 11.1 Å². The lowest BCUT2D eigenvalue weighted by Gasteiger charge is -2.29. The standard InChI is InChI=1S/C23H19B/c1-23(2)21-9-5-8-17-15-6-3-4-7-16(15)19(13-20(17)21)18-11-10-14(24)12-22(18)23/h3-12,19H,13H2,1-2H3. The fraction of sp³-hybridized carbons (Fsp3) is 0.217. The van der Waals surface area contributed by atoms with Gasteiger partial charge in [-0.3, -0.25) is 0 Å². The molecule has 3 aromatic rings. The average molecular weight is 306 g/mol. The minimum absolute atomic E-state index is 0.0349. The van der Waals surface area contributed by atoms with E-state index >= 15 is 0 Å². The van der Waals surface area contributed by atoms with Gasteiger partial charge in [0.25, 0.3) is 0 Å². The molecule has 2 bridgehead atoms. The van der Waals surface area contributed by atoms with Gasteiger partial charge in [0.15, 0.2) is 0 Å². The normalized spacial score (nSPS) is 19.2. The van der Waals surface area contributed by atoms with Gasteiger partial charge in [0.1, 0.15) is 7.85 Å². The molecular weight excluding hydrogens is 287 g/mol. The van der Waals surface area contributed by atoms with E-state index in [4.69, 9.17) is 7.85 Å². The topological polar surface area (TPSA) is 0 Å². The lowest BCUT2D eigenvalue weighted by atomic mass is 9.73. The molecule has 0 nitrogen and oxygen atoms in total. The van der Waals surface area contributed by atoms with Crippen molar-refractivity contribution < 1.29 is 0 Å². The summed E-state index contributed by atoms with van der Waals surface area (Å²) in [5.74, 6) is 0.423. The summed E-state index contributed by atoms with van der Waals surface area (Å²) in [6.45, 7) is 4.68. The van der Waals surface area contributed by atoms with Crippen molar-refractivity contribution in [3.05, 3.63) is 88.5 Å². The van der Waals surface area contributed by atoms with Crippen LogP contribution in [0, 0.1) is 0 Å². The first-order valence-electron chi connectivity index (χ1n) is 8.69. The van der Waals surface area contributed by atoms with Crippen molar-refractivity contribution in [1.82, 2.24) is 0 Å². The Labute approximate surface area is 145 Å². The van der Waals surface area contributed by atoms with Gasteiger partial charge in [0, 0.05) is 11.3 Å². The van der Waals surface area contributed by atoms with Gasteiger partial charge in [0.05, 0.1) is 0 Å². The van der Waals surface area contributed by atoms with Crippen LogP contribution in [-0.4, -0.2) is 7.85 Å². The molecule has 0 aromatic heterocycles. The minimum Gasteiger partial charge on any atom is -0.0963 e. The lowest BCUT2D eigenvalue weighted by molar-refractivity contribution is 0.637. The molecule has 1 unspecified atom stereocenters. The van der Waals surface area contributed by atoms with Gasteiger partial charge in [-0.25, -0.2) is 0 Å². The smallest absolute Gasteiger partial charge is 0.0963 e. The fourth-order valence-electron chi connectivity index (χ4n) is 4.85. The van der Waals surface area contributed by atoms with Crippen molar-refractivity contribution in [3.63, 3.8) is 0 Å². The molecule has 1 heteroatoms. The molecule has 0 heterocycles. The molecule has 0 amide bonds. The molecule has 0 aliphatic heterocycles. The van der Waals surface area contributed by atoms with E-state index in [0.29, 0.717) is 5.92 Å². The summed E-state index contributed by atoms with van der Waals surface area (Å²) in [6.07, 6.45) is 1.09. The van der Waals surface area contributed by atoms with Crippen LogP contribution in [0.15, 0.2) is 60.7 Å². The van der Waals surface area contributed by atoms with E-state index < -0.39 is 0 Å². The zero-order valence-corrected chi connectivity index (χ0v) is 14.1. The molecule has 24 heavy (non-hydrogen) atoms. The Morgan fingerprint density at radius 1 is 0.833 bits per heavy atom. The molecule has 0 fully saturated rings. The molecular formula is C23H19B. The highest BCUT2D eigenvalue weighted by molar-refractivity contribution is 6.32. The maximum atomic E-state index is 6.17. The van der Waals surface area contributed by atoms with Crippen LogP contribution in [0.1, 0.15) is 47.6 Å². The molecule has 1 atom stereocenters. The summed E-state index contributed by atoms with van der Waals surface area (Å²) in [7, 11) is 6.17. The highest BCUT2D eigenvalue weighted by Gasteiger charge is 2.38. The Morgan fingerprint density at radius 3 is 2.50 bits per heavy atom. The Bertz CT molecular complexity index is 981. The van der Waals surface area contributed by atoms with Crippen LogP contribution in [0.4, 0.5) is 0 Å². The molecule has 0 spiro atoms. The van der Waals surface area contributed by atoms with E-state index in [0.717, 1.165) is 11.9 Å². The van der Waals surface area contributed by atoms with E-state index in [9.17, 15) is 0 Å². The van der Waals surface area contributed by atoms with Crippen LogP contribution in [-0.2, 0) is 11.8 Å². The first-order valence-corrected chi connectivity index (χ1v) is 8.69. The molecule has 114 valence electrons. The second-order valence-electron chi connectivity index (χ2n) is 7.65. The zero-order valence-electron chi connectivity index (χ0n) is 14.1. The van der Waals surface area contributed by atoms with Crippen molar-refractivity contribution in [2.45, 2.75) is 31.6 Å². The van der Waals surface area contributed by atoms with Crippen molar-refractivity contribution in [2.75, 3.05) is 0 Å². The summed E-state index contributed by atoms with van der Waals surface area (Å²) in [5.41, 5.74) is 10.8. The second kappa shape index (κ2) is 4.63. The van der Waals surface area contributed by atoms with Gasteiger partial charge in [-0.15, -0.1) is 0 Å². The van der Waals surface area contributed by atoms with Gasteiger partial charge in [-0.05, 0) is 45.4 Å². The molecule has 2 radical (unpaired) electrons. The van der Waals surface area contributed by atoms with E-state index in [1.54, 1.807) is 0 Å². The van der Waals surface area contributed by atoms with Crippen molar-refractivity contribution in [1.29, 1.82) is 0 Å². The van der Waals surface area contributed by atoms with Gasteiger partial charge in [-0.1, -0.05) is 80.0 Å². The van der Waals surface area contributed by atoms with Crippen LogP contribution in [0.3, 0.4) is 0 Å². The molecule has 2 aliphatic carbocycles. The van der Waals surface area contributed by atoms with Gasteiger partial charge in [0.2, 0.25) is 0 Å². The molecule has 2 aliphatic rings. The third-order valence-corrected chi connectivity index (χ3v) is 6.01. The summed E-state index contributed by atoms with van der Waals surface area (Å²) in [4.78, 5) is 0. The molecule has 0 saturated heterocycles. The first-order chi connectivity index (χ1) is 11.6. The van der Waals surface area contributed by atoms with E-state index in [-0.39, 0.29) is 5.41 Å². The highest BCUT2D eigenvalue weighted by atomic mass is 14.4. The summed E-state index contributed by atoms with van der Waals surface area (Å²) in [5, 5.41) is 0. The number of fused-ring (bicyclic) bond motifs is 6. The van der Waals surface area contributed by atoms with Gasteiger partial charge in [-0.2, -0.15) is 0 Å². The maximum absolute atomic E-state index is 6.17. The monoisotopic (exact) mass is 306 g/mol. The maximum Gasteiger partial charge on any atom is 0.113 e. The fourth-order valence-corrected chi connectivity index (χ4v) is 4.85. The third kappa shape index (κ3) is 1.70. The van der Waals surface area contributed by atoms with Crippen LogP contribution in [0.2, 0.25) is 0 Å². The Balaban J connectivity index is 1.97. The number of rotatable bonds is 0.